The molecular formula is C11H19ClN2O2. The van der Waals surface area contributed by atoms with E-state index in [-0.39, 0.29) is 18.3 Å². The molecule has 1 heterocycles. The normalized spacial score (nSPS) is 11.8. The predicted molar refractivity (Wildman–Crippen MR) is 65.4 cm³/mol. The summed E-state index contributed by atoms with van der Waals surface area (Å²) in [5.41, 5.74) is 5.65. The third-order valence-electron chi connectivity index (χ3n) is 2.32. The summed E-state index contributed by atoms with van der Waals surface area (Å²) in [6.45, 7) is 4.25. The van der Waals surface area contributed by atoms with Crippen molar-refractivity contribution in [3.05, 3.63) is 23.7 Å². The van der Waals surface area contributed by atoms with Gasteiger partial charge < -0.3 is 15.1 Å². The Morgan fingerprint density at radius 2 is 2.19 bits per heavy atom. The lowest BCUT2D eigenvalue weighted by Gasteiger charge is -2.19. The van der Waals surface area contributed by atoms with Crippen molar-refractivity contribution in [3.8, 4) is 0 Å². The smallest absolute Gasteiger partial charge is 0.239 e. The molecule has 16 heavy (non-hydrogen) atoms. The van der Waals surface area contributed by atoms with Crippen LogP contribution >= 0.6 is 12.4 Å². The molecule has 1 rings (SSSR count). The van der Waals surface area contributed by atoms with Crippen LogP contribution in [-0.4, -0.2) is 23.9 Å². The van der Waals surface area contributed by atoms with Gasteiger partial charge in [0.1, 0.15) is 11.5 Å². The highest BCUT2D eigenvalue weighted by molar-refractivity contribution is 5.85. The van der Waals surface area contributed by atoms with Gasteiger partial charge in [0.05, 0.1) is 12.6 Å². The van der Waals surface area contributed by atoms with Crippen LogP contribution in [0.5, 0.6) is 0 Å². The fourth-order valence-corrected chi connectivity index (χ4v) is 1.34. The molecule has 0 unspecified atom stereocenters. The minimum Gasteiger partial charge on any atom is -0.464 e. The molecule has 1 amide bonds. The number of likely N-dealkylation sites (N-methyl/N-ethyl adjacent to an activating group) is 1. The maximum Gasteiger partial charge on any atom is 0.239 e. The van der Waals surface area contributed by atoms with Crippen molar-refractivity contribution in [3.63, 3.8) is 0 Å². The molecule has 1 atom stereocenters. The number of hydrogen-bond acceptors (Lipinski definition) is 3. The van der Waals surface area contributed by atoms with Gasteiger partial charge in [-0.3, -0.25) is 4.79 Å². The van der Waals surface area contributed by atoms with Crippen molar-refractivity contribution in [1.82, 2.24) is 4.90 Å². The zero-order valence-corrected chi connectivity index (χ0v) is 10.7. The van der Waals surface area contributed by atoms with Gasteiger partial charge in [0.25, 0.3) is 0 Å². The number of carbonyl (C=O) groups excluding carboxylic acids is 1. The zero-order chi connectivity index (χ0) is 11.4. The van der Waals surface area contributed by atoms with Gasteiger partial charge in [0.2, 0.25) is 5.91 Å². The van der Waals surface area contributed by atoms with Crippen molar-refractivity contribution in [2.45, 2.75) is 32.9 Å². The average Bonchev–Trinajstić information content (AvgIpc) is 2.61. The van der Waals surface area contributed by atoms with Crippen LogP contribution < -0.4 is 5.73 Å². The first-order valence-electron chi connectivity index (χ1n) is 5.10. The second-order valence-corrected chi connectivity index (χ2v) is 3.72. The molecule has 0 saturated heterocycles. The molecule has 2 N–H and O–H groups in total. The van der Waals surface area contributed by atoms with Gasteiger partial charge in [0, 0.05) is 7.05 Å². The van der Waals surface area contributed by atoms with Crippen LogP contribution in [0.1, 0.15) is 24.9 Å². The molecule has 5 heteroatoms. The fourth-order valence-electron chi connectivity index (χ4n) is 1.34. The SMILES string of the molecule is CC[C@H](N)C(=O)N(C)Cc1ccc(C)o1.Cl. The number of halogens is 1. The molecule has 4 nitrogen and oxygen atoms in total. The molecule has 0 radical (unpaired) electrons. The van der Waals surface area contributed by atoms with Crippen LogP contribution in [-0.2, 0) is 11.3 Å². The molecule has 0 aromatic carbocycles. The van der Waals surface area contributed by atoms with E-state index >= 15 is 0 Å². The Morgan fingerprint density at radius 1 is 1.56 bits per heavy atom. The molecule has 1 aromatic heterocycles. The van der Waals surface area contributed by atoms with Gasteiger partial charge in [-0.25, -0.2) is 0 Å². The molecule has 0 saturated carbocycles. The molecular weight excluding hydrogens is 228 g/mol. The molecule has 0 aliphatic rings. The van der Waals surface area contributed by atoms with E-state index in [1.165, 1.54) is 0 Å². The van der Waals surface area contributed by atoms with E-state index < -0.39 is 6.04 Å². The third-order valence-corrected chi connectivity index (χ3v) is 2.32. The fraction of sp³-hybridized carbons (Fsp3) is 0.545. The monoisotopic (exact) mass is 246 g/mol. The lowest BCUT2D eigenvalue weighted by molar-refractivity contribution is -0.132. The van der Waals surface area contributed by atoms with Crippen LogP contribution in [0.4, 0.5) is 0 Å². The number of hydrogen-bond donors (Lipinski definition) is 1. The summed E-state index contributed by atoms with van der Waals surface area (Å²) in [4.78, 5) is 13.2. The number of furan rings is 1. The van der Waals surface area contributed by atoms with E-state index in [9.17, 15) is 4.79 Å². The standard InChI is InChI=1S/C11H18N2O2.ClH/c1-4-10(12)11(14)13(3)7-9-6-5-8(2)15-9;/h5-6,10H,4,7,12H2,1-3H3;1H/t10-;/m0./s1. The second-order valence-electron chi connectivity index (χ2n) is 3.72. The van der Waals surface area contributed by atoms with Gasteiger partial charge in [-0.15, -0.1) is 12.4 Å². The van der Waals surface area contributed by atoms with Crippen molar-refractivity contribution < 1.29 is 9.21 Å². The number of nitrogens with two attached hydrogens (primary N) is 1. The lowest BCUT2D eigenvalue weighted by atomic mass is 10.2. The number of amides is 1. The van der Waals surface area contributed by atoms with Gasteiger partial charge in [-0.1, -0.05) is 6.92 Å². The summed E-state index contributed by atoms with van der Waals surface area (Å²) < 4.78 is 5.38. The average molecular weight is 247 g/mol. The Bertz CT molecular complexity index is 338. The predicted octanol–water partition coefficient (Wildman–Crippen LogP) is 1.71. The molecule has 0 bridgehead atoms. The van der Waals surface area contributed by atoms with Gasteiger partial charge in [-0.2, -0.15) is 0 Å². The first-order chi connectivity index (χ1) is 7.04. The van der Waals surface area contributed by atoms with E-state index in [0.29, 0.717) is 13.0 Å². The van der Waals surface area contributed by atoms with E-state index in [4.69, 9.17) is 10.2 Å². The van der Waals surface area contributed by atoms with E-state index in [2.05, 4.69) is 0 Å². The van der Waals surface area contributed by atoms with Crippen molar-refractivity contribution >= 4 is 18.3 Å². The van der Waals surface area contributed by atoms with E-state index in [1.54, 1.807) is 11.9 Å². The topological polar surface area (TPSA) is 59.5 Å². The van der Waals surface area contributed by atoms with E-state index in [1.807, 2.05) is 26.0 Å². The Balaban J connectivity index is 0.00000225. The van der Waals surface area contributed by atoms with Crippen molar-refractivity contribution in [2.75, 3.05) is 7.05 Å². The highest BCUT2D eigenvalue weighted by atomic mass is 35.5. The first kappa shape index (κ1) is 15.0. The summed E-state index contributed by atoms with van der Waals surface area (Å²) in [6.07, 6.45) is 0.653. The van der Waals surface area contributed by atoms with Crippen LogP contribution in [0.25, 0.3) is 0 Å². The molecule has 0 aliphatic carbocycles. The van der Waals surface area contributed by atoms with Crippen LogP contribution in [0.2, 0.25) is 0 Å². The molecule has 0 fully saturated rings. The Labute approximate surface area is 102 Å². The highest BCUT2D eigenvalue weighted by Gasteiger charge is 2.16. The van der Waals surface area contributed by atoms with Gasteiger partial charge >= 0.3 is 0 Å². The number of carbonyl (C=O) groups is 1. The Kier molecular flexibility index (Phi) is 6.14. The minimum atomic E-state index is -0.411. The maximum atomic E-state index is 11.6. The lowest BCUT2D eigenvalue weighted by Crippen LogP contribution is -2.40. The summed E-state index contributed by atoms with van der Waals surface area (Å²) in [7, 11) is 1.73. The largest absolute Gasteiger partial charge is 0.464 e. The third kappa shape index (κ3) is 3.87. The minimum absolute atomic E-state index is 0. The highest BCUT2D eigenvalue weighted by Crippen LogP contribution is 2.09. The van der Waals surface area contributed by atoms with Crippen LogP contribution in [0.15, 0.2) is 16.5 Å². The van der Waals surface area contributed by atoms with E-state index in [0.717, 1.165) is 11.5 Å². The maximum absolute atomic E-state index is 11.6. The zero-order valence-electron chi connectivity index (χ0n) is 9.90. The molecule has 0 spiro atoms. The van der Waals surface area contributed by atoms with Gasteiger partial charge in [-0.05, 0) is 25.5 Å². The molecule has 92 valence electrons. The Hall–Kier alpha value is -1.00. The van der Waals surface area contributed by atoms with Crippen LogP contribution in [0, 0.1) is 6.92 Å². The molecule has 0 aliphatic heterocycles. The van der Waals surface area contributed by atoms with Crippen LogP contribution in [0.3, 0.4) is 0 Å². The number of aryl methyl sites for hydroxylation is 1. The van der Waals surface area contributed by atoms with Gasteiger partial charge in [0.15, 0.2) is 0 Å². The molecule has 1 aromatic rings. The van der Waals surface area contributed by atoms with Crippen molar-refractivity contribution in [1.29, 1.82) is 0 Å². The number of rotatable bonds is 4. The summed E-state index contributed by atoms with van der Waals surface area (Å²) in [6, 6.07) is 3.34. The Morgan fingerprint density at radius 3 is 2.62 bits per heavy atom. The quantitative estimate of drug-likeness (QED) is 0.880. The number of nitrogens with zero attached hydrogens (tertiary/aromatic N) is 1. The summed E-state index contributed by atoms with van der Waals surface area (Å²) in [5.74, 6) is 1.59. The van der Waals surface area contributed by atoms with Crippen molar-refractivity contribution in [2.24, 2.45) is 5.73 Å². The summed E-state index contributed by atoms with van der Waals surface area (Å²) >= 11 is 0. The summed E-state index contributed by atoms with van der Waals surface area (Å²) in [5, 5.41) is 0. The second kappa shape index (κ2) is 6.55. The first-order valence-corrected chi connectivity index (χ1v) is 5.10.